The van der Waals surface area contributed by atoms with E-state index < -0.39 is 12.2 Å². The summed E-state index contributed by atoms with van der Waals surface area (Å²) in [6, 6.07) is 1.87. The Morgan fingerprint density at radius 3 is 2.29 bits per heavy atom. The van der Waals surface area contributed by atoms with Gasteiger partial charge in [0, 0.05) is 0 Å². The summed E-state index contributed by atoms with van der Waals surface area (Å²) in [6.45, 7) is 0. The SMILES string of the molecule is N[C@H](c1cccc(Cl)c1Cl)C(F)(F)F. The standard InChI is InChI=1S/C8H6Cl2F3N/c9-5-3-1-2-4(6(5)10)7(14)8(11,12)13/h1-3,7H,14H2/t7-/m1/s1. The third kappa shape index (κ3) is 2.32. The summed E-state index contributed by atoms with van der Waals surface area (Å²) in [5.41, 5.74) is 4.76. The molecule has 0 aliphatic carbocycles. The monoisotopic (exact) mass is 243 g/mol. The molecule has 0 aliphatic heterocycles. The number of nitrogens with two attached hydrogens (primary N) is 1. The number of halogens is 5. The summed E-state index contributed by atoms with van der Waals surface area (Å²) in [5, 5.41) is -0.0946. The Labute approximate surface area is 88.6 Å². The summed E-state index contributed by atoms with van der Waals surface area (Å²) < 4.78 is 36.7. The first-order chi connectivity index (χ1) is 6.34. The minimum Gasteiger partial charge on any atom is -0.316 e. The van der Waals surface area contributed by atoms with Crippen molar-refractivity contribution >= 4 is 23.2 Å². The fourth-order valence-corrected chi connectivity index (χ4v) is 1.36. The number of hydrogen-bond donors (Lipinski definition) is 1. The highest BCUT2D eigenvalue weighted by Gasteiger charge is 2.39. The van der Waals surface area contributed by atoms with E-state index >= 15 is 0 Å². The number of benzene rings is 1. The molecular formula is C8H6Cl2F3N. The summed E-state index contributed by atoms with van der Waals surface area (Å²) in [5.74, 6) is 0. The van der Waals surface area contributed by atoms with Crippen molar-refractivity contribution in [3.8, 4) is 0 Å². The van der Waals surface area contributed by atoms with Crippen LogP contribution in [0.2, 0.25) is 10.0 Å². The zero-order valence-corrected chi connectivity index (χ0v) is 8.29. The van der Waals surface area contributed by atoms with Crippen LogP contribution >= 0.6 is 23.2 Å². The number of hydrogen-bond acceptors (Lipinski definition) is 1. The fraction of sp³-hybridized carbons (Fsp3) is 0.250. The van der Waals surface area contributed by atoms with Gasteiger partial charge < -0.3 is 5.73 Å². The van der Waals surface area contributed by atoms with Crippen LogP contribution in [0, 0.1) is 0 Å². The summed E-state index contributed by atoms with van der Waals surface area (Å²) >= 11 is 11.1. The largest absolute Gasteiger partial charge is 0.407 e. The Morgan fingerprint density at radius 1 is 1.21 bits per heavy atom. The normalized spacial score (nSPS) is 14.1. The van der Waals surface area contributed by atoms with Gasteiger partial charge in [0.25, 0.3) is 0 Å². The van der Waals surface area contributed by atoms with Crippen molar-refractivity contribution in [2.24, 2.45) is 5.73 Å². The molecule has 1 nitrogen and oxygen atoms in total. The molecule has 0 saturated heterocycles. The minimum atomic E-state index is -4.52. The van der Waals surface area contributed by atoms with Gasteiger partial charge in [0.2, 0.25) is 0 Å². The second-order valence-corrected chi connectivity index (χ2v) is 3.45. The van der Waals surface area contributed by atoms with Gasteiger partial charge in [0.05, 0.1) is 10.0 Å². The second-order valence-electron chi connectivity index (χ2n) is 2.66. The fourth-order valence-electron chi connectivity index (χ4n) is 0.937. The zero-order valence-electron chi connectivity index (χ0n) is 6.78. The van der Waals surface area contributed by atoms with E-state index in [9.17, 15) is 13.2 Å². The quantitative estimate of drug-likeness (QED) is 0.802. The molecule has 0 aromatic heterocycles. The van der Waals surface area contributed by atoms with Crippen molar-refractivity contribution in [1.29, 1.82) is 0 Å². The number of rotatable bonds is 1. The molecule has 1 aromatic carbocycles. The average Bonchev–Trinajstić information content (AvgIpc) is 2.07. The average molecular weight is 244 g/mol. The molecule has 0 amide bonds. The molecule has 0 unspecified atom stereocenters. The van der Waals surface area contributed by atoms with Gasteiger partial charge in [0.1, 0.15) is 6.04 Å². The van der Waals surface area contributed by atoms with Crippen LogP contribution in [0.1, 0.15) is 11.6 Å². The van der Waals surface area contributed by atoms with Gasteiger partial charge in [-0.15, -0.1) is 0 Å². The molecule has 1 rings (SSSR count). The van der Waals surface area contributed by atoms with Crippen LogP contribution in [0.25, 0.3) is 0 Å². The lowest BCUT2D eigenvalue weighted by Crippen LogP contribution is -2.28. The lowest BCUT2D eigenvalue weighted by Gasteiger charge is -2.17. The molecule has 6 heteroatoms. The summed E-state index contributed by atoms with van der Waals surface area (Å²) in [6.07, 6.45) is -4.52. The molecule has 2 N–H and O–H groups in total. The predicted molar refractivity (Wildman–Crippen MR) is 49.4 cm³/mol. The first kappa shape index (κ1) is 11.6. The lowest BCUT2D eigenvalue weighted by atomic mass is 10.1. The molecule has 0 heterocycles. The highest BCUT2D eigenvalue weighted by molar-refractivity contribution is 6.42. The molecule has 0 aliphatic rings. The third-order valence-electron chi connectivity index (χ3n) is 1.67. The molecule has 78 valence electrons. The van der Waals surface area contributed by atoms with Crippen molar-refractivity contribution in [1.82, 2.24) is 0 Å². The van der Waals surface area contributed by atoms with Gasteiger partial charge in [-0.2, -0.15) is 13.2 Å². The molecule has 0 radical (unpaired) electrons. The van der Waals surface area contributed by atoms with Gasteiger partial charge in [-0.25, -0.2) is 0 Å². The molecule has 0 fully saturated rings. The Morgan fingerprint density at radius 2 is 1.79 bits per heavy atom. The third-order valence-corrected chi connectivity index (χ3v) is 2.50. The molecular weight excluding hydrogens is 238 g/mol. The molecule has 1 aromatic rings. The van der Waals surface area contributed by atoms with E-state index in [0.29, 0.717) is 0 Å². The Balaban J connectivity index is 3.14. The lowest BCUT2D eigenvalue weighted by molar-refractivity contribution is -0.149. The smallest absolute Gasteiger partial charge is 0.316 e. The maximum absolute atomic E-state index is 12.2. The van der Waals surface area contributed by atoms with E-state index in [0.717, 1.165) is 0 Å². The maximum atomic E-state index is 12.2. The van der Waals surface area contributed by atoms with Crippen LogP contribution in [-0.4, -0.2) is 6.18 Å². The van der Waals surface area contributed by atoms with Gasteiger partial charge in [-0.1, -0.05) is 35.3 Å². The number of alkyl halides is 3. The molecule has 0 saturated carbocycles. The first-order valence-corrected chi connectivity index (χ1v) is 4.36. The minimum absolute atomic E-state index is 0.0591. The van der Waals surface area contributed by atoms with Gasteiger partial charge >= 0.3 is 6.18 Å². The molecule has 14 heavy (non-hydrogen) atoms. The van der Waals surface area contributed by atoms with Crippen molar-refractivity contribution in [3.05, 3.63) is 33.8 Å². The van der Waals surface area contributed by atoms with Crippen molar-refractivity contribution in [3.63, 3.8) is 0 Å². The van der Waals surface area contributed by atoms with Crippen molar-refractivity contribution in [2.45, 2.75) is 12.2 Å². The van der Waals surface area contributed by atoms with Gasteiger partial charge in [-0.3, -0.25) is 0 Å². The highest BCUT2D eigenvalue weighted by Crippen LogP contribution is 2.36. The van der Waals surface area contributed by atoms with Gasteiger partial charge in [-0.05, 0) is 11.6 Å². The van der Waals surface area contributed by atoms with Crippen LogP contribution in [0.3, 0.4) is 0 Å². The van der Waals surface area contributed by atoms with E-state index in [4.69, 9.17) is 28.9 Å². The van der Waals surface area contributed by atoms with Crippen LogP contribution in [0.15, 0.2) is 18.2 Å². The Kier molecular flexibility index (Phi) is 3.29. The Hall–Kier alpha value is -0.450. The highest BCUT2D eigenvalue weighted by atomic mass is 35.5. The van der Waals surface area contributed by atoms with E-state index in [1.807, 2.05) is 0 Å². The van der Waals surface area contributed by atoms with Crippen molar-refractivity contribution < 1.29 is 13.2 Å². The predicted octanol–water partition coefficient (Wildman–Crippen LogP) is 3.56. The van der Waals surface area contributed by atoms with E-state index in [-0.39, 0.29) is 15.6 Å². The van der Waals surface area contributed by atoms with Crippen molar-refractivity contribution in [2.75, 3.05) is 0 Å². The van der Waals surface area contributed by atoms with E-state index in [2.05, 4.69) is 0 Å². The van der Waals surface area contributed by atoms with Crippen LogP contribution in [-0.2, 0) is 0 Å². The van der Waals surface area contributed by atoms with E-state index in [1.165, 1.54) is 18.2 Å². The Bertz CT molecular complexity index is 338. The van der Waals surface area contributed by atoms with Gasteiger partial charge in [0.15, 0.2) is 0 Å². The first-order valence-electron chi connectivity index (χ1n) is 3.60. The van der Waals surface area contributed by atoms with Crippen LogP contribution < -0.4 is 5.73 Å². The zero-order chi connectivity index (χ0) is 10.9. The maximum Gasteiger partial charge on any atom is 0.407 e. The molecule has 1 atom stereocenters. The van der Waals surface area contributed by atoms with Crippen LogP contribution in [0.4, 0.5) is 13.2 Å². The summed E-state index contributed by atoms with van der Waals surface area (Å²) in [4.78, 5) is 0. The molecule has 0 spiro atoms. The second kappa shape index (κ2) is 3.96. The van der Waals surface area contributed by atoms with Crippen LogP contribution in [0.5, 0.6) is 0 Å². The molecule has 0 bridgehead atoms. The summed E-state index contributed by atoms with van der Waals surface area (Å²) in [7, 11) is 0. The topological polar surface area (TPSA) is 26.0 Å². The van der Waals surface area contributed by atoms with E-state index in [1.54, 1.807) is 0 Å².